The molecule has 1 fully saturated rings. The standard InChI is InChI=1S/C9H12F9N3/c10-7(11,12)4-1-19-5(8(13,14)15)2-21-6(3-20-4)9(16,17)18/h4-6,19-21H,1-3H2. The number of hydrogen-bond donors (Lipinski definition) is 3. The lowest BCUT2D eigenvalue weighted by Crippen LogP contribution is -2.54. The van der Waals surface area contributed by atoms with Gasteiger partial charge in [-0.15, -0.1) is 0 Å². The maximum Gasteiger partial charge on any atom is 0.405 e. The molecule has 0 radical (unpaired) electrons. The highest BCUT2D eigenvalue weighted by atomic mass is 19.4. The molecule has 0 amide bonds. The minimum atomic E-state index is -4.97. The molecule has 21 heavy (non-hydrogen) atoms. The highest BCUT2D eigenvalue weighted by Gasteiger charge is 2.48. The fraction of sp³-hybridized carbons (Fsp3) is 1.00. The fourth-order valence-corrected chi connectivity index (χ4v) is 1.69. The molecule has 0 aliphatic carbocycles. The van der Waals surface area contributed by atoms with Gasteiger partial charge < -0.3 is 16.0 Å². The van der Waals surface area contributed by atoms with Crippen molar-refractivity contribution in [1.82, 2.24) is 16.0 Å². The molecule has 3 nitrogen and oxygen atoms in total. The second-order valence-electron chi connectivity index (χ2n) is 4.51. The third-order valence-electron chi connectivity index (χ3n) is 2.89. The predicted octanol–water partition coefficient (Wildman–Crippen LogP) is 1.56. The predicted molar refractivity (Wildman–Crippen MR) is 53.5 cm³/mol. The van der Waals surface area contributed by atoms with E-state index in [1.807, 2.05) is 0 Å². The summed E-state index contributed by atoms with van der Waals surface area (Å²) < 4.78 is 113. The first-order chi connectivity index (χ1) is 9.32. The van der Waals surface area contributed by atoms with Crippen LogP contribution >= 0.6 is 0 Å². The molecule has 12 heteroatoms. The molecule has 1 aliphatic heterocycles. The Balaban J connectivity index is 2.93. The van der Waals surface area contributed by atoms with Crippen LogP contribution in [0.4, 0.5) is 39.5 Å². The third-order valence-corrected chi connectivity index (χ3v) is 2.89. The zero-order valence-electron chi connectivity index (χ0n) is 10.3. The first-order valence-corrected chi connectivity index (χ1v) is 5.72. The van der Waals surface area contributed by atoms with Crippen molar-refractivity contribution in [3.8, 4) is 0 Å². The van der Waals surface area contributed by atoms with E-state index in [1.165, 1.54) is 0 Å². The molecular formula is C9H12F9N3. The van der Waals surface area contributed by atoms with Gasteiger partial charge in [-0.1, -0.05) is 0 Å². The largest absolute Gasteiger partial charge is 0.405 e. The molecule has 0 bridgehead atoms. The monoisotopic (exact) mass is 333 g/mol. The summed E-state index contributed by atoms with van der Waals surface area (Å²) in [5.74, 6) is 0. The van der Waals surface area contributed by atoms with Gasteiger partial charge in [-0.3, -0.25) is 0 Å². The van der Waals surface area contributed by atoms with Crippen molar-refractivity contribution in [2.24, 2.45) is 0 Å². The van der Waals surface area contributed by atoms with Crippen molar-refractivity contribution >= 4 is 0 Å². The number of nitrogens with one attached hydrogen (secondary N) is 3. The van der Waals surface area contributed by atoms with Crippen LogP contribution in [0, 0.1) is 0 Å². The van der Waals surface area contributed by atoms with E-state index in [2.05, 4.69) is 0 Å². The lowest BCUT2D eigenvalue weighted by Gasteiger charge is -2.24. The number of halogens is 9. The molecule has 0 aromatic heterocycles. The molecule has 126 valence electrons. The number of hydrogen-bond acceptors (Lipinski definition) is 3. The highest BCUT2D eigenvalue weighted by molar-refractivity contribution is 4.90. The number of alkyl halides is 9. The summed E-state index contributed by atoms with van der Waals surface area (Å²) in [5, 5.41) is 4.78. The van der Waals surface area contributed by atoms with Gasteiger partial charge in [-0.05, 0) is 0 Å². The maximum absolute atomic E-state index is 12.5. The van der Waals surface area contributed by atoms with Gasteiger partial charge in [0.1, 0.15) is 18.1 Å². The van der Waals surface area contributed by atoms with Crippen LogP contribution in [0.25, 0.3) is 0 Å². The lowest BCUT2D eigenvalue weighted by molar-refractivity contribution is -0.167. The smallest absolute Gasteiger partial charge is 0.303 e. The SMILES string of the molecule is FC(F)(F)C1CNC(C(F)(F)F)CNC(C(F)(F)F)CN1. The molecule has 1 heterocycles. The molecule has 0 aromatic rings. The van der Waals surface area contributed by atoms with Crippen LogP contribution in [-0.4, -0.2) is 56.3 Å². The van der Waals surface area contributed by atoms with Crippen molar-refractivity contribution in [2.75, 3.05) is 19.6 Å². The third kappa shape index (κ3) is 5.51. The van der Waals surface area contributed by atoms with Crippen molar-refractivity contribution in [3.05, 3.63) is 0 Å². The molecule has 1 saturated heterocycles. The van der Waals surface area contributed by atoms with Crippen LogP contribution in [0.1, 0.15) is 0 Å². The average molecular weight is 333 g/mol. The van der Waals surface area contributed by atoms with Crippen molar-refractivity contribution in [3.63, 3.8) is 0 Å². The first kappa shape index (κ1) is 18.3. The van der Waals surface area contributed by atoms with Crippen LogP contribution in [0.2, 0.25) is 0 Å². The van der Waals surface area contributed by atoms with Crippen molar-refractivity contribution in [2.45, 2.75) is 36.7 Å². The fourth-order valence-electron chi connectivity index (χ4n) is 1.69. The topological polar surface area (TPSA) is 36.1 Å². The molecule has 3 atom stereocenters. The minimum absolute atomic E-state index is 1.18. The molecular weight excluding hydrogens is 321 g/mol. The molecule has 3 unspecified atom stereocenters. The Labute approximate surface area is 113 Å². The maximum atomic E-state index is 12.5. The van der Waals surface area contributed by atoms with Crippen LogP contribution in [-0.2, 0) is 0 Å². The first-order valence-electron chi connectivity index (χ1n) is 5.72. The summed E-state index contributed by atoms with van der Waals surface area (Å²) in [6.45, 7) is -3.54. The van der Waals surface area contributed by atoms with Crippen LogP contribution < -0.4 is 16.0 Å². The van der Waals surface area contributed by atoms with Crippen LogP contribution in [0.15, 0.2) is 0 Å². The average Bonchev–Trinajstić information content (AvgIpc) is 2.34. The molecule has 1 rings (SSSR count). The quantitative estimate of drug-likeness (QED) is 0.589. The van der Waals surface area contributed by atoms with Gasteiger partial charge in [0, 0.05) is 19.6 Å². The lowest BCUT2D eigenvalue weighted by atomic mass is 10.2. The Hall–Kier alpha value is -0.750. The molecule has 0 spiro atoms. The zero-order chi connectivity index (χ0) is 16.5. The minimum Gasteiger partial charge on any atom is -0.303 e. The zero-order valence-corrected chi connectivity index (χ0v) is 10.3. The summed E-state index contributed by atoms with van der Waals surface area (Å²) in [7, 11) is 0. The van der Waals surface area contributed by atoms with E-state index in [0.29, 0.717) is 0 Å². The highest BCUT2D eigenvalue weighted by Crippen LogP contribution is 2.26. The van der Waals surface area contributed by atoms with E-state index >= 15 is 0 Å². The number of rotatable bonds is 0. The molecule has 0 aromatic carbocycles. The van der Waals surface area contributed by atoms with E-state index in [0.717, 1.165) is 0 Å². The summed E-state index contributed by atoms with van der Waals surface area (Å²) in [6, 6.07) is -7.52. The molecule has 3 N–H and O–H groups in total. The second-order valence-corrected chi connectivity index (χ2v) is 4.51. The van der Waals surface area contributed by atoms with Gasteiger partial charge in [0.25, 0.3) is 0 Å². The Morgan fingerprint density at radius 1 is 0.476 bits per heavy atom. The van der Waals surface area contributed by atoms with E-state index in [4.69, 9.17) is 0 Å². The molecule has 1 aliphatic rings. The van der Waals surface area contributed by atoms with Crippen molar-refractivity contribution in [1.29, 1.82) is 0 Å². The van der Waals surface area contributed by atoms with E-state index in [-0.39, 0.29) is 0 Å². The summed E-state index contributed by atoms with van der Waals surface area (Å²) in [6.07, 6.45) is -14.9. The summed E-state index contributed by atoms with van der Waals surface area (Å²) in [4.78, 5) is 0. The van der Waals surface area contributed by atoms with Gasteiger partial charge in [0.2, 0.25) is 0 Å². The van der Waals surface area contributed by atoms with Crippen molar-refractivity contribution < 1.29 is 39.5 Å². The van der Waals surface area contributed by atoms with E-state index in [9.17, 15) is 39.5 Å². The van der Waals surface area contributed by atoms with Crippen LogP contribution in [0.3, 0.4) is 0 Å². The van der Waals surface area contributed by atoms with E-state index < -0.39 is 56.3 Å². The van der Waals surface area contributed by atoms with Crippen LogP contribution in [0.5, 0.6) is 0 Å². The Morgan fingerprint density at radius 3 is 0.810 bits per heavy atom. The van der Waals surface area contributed by atoms with E-state index in [1.54, 1.807) is 16.0 Å². The van der Waals surface area contributed by atoms with Gasteiger partial charge in [0.05, 0.1) is 0 Å². The second kappa shape index (κ2) is 6.16. The van der Waals surface area contributed by atoms with Gasteiger partial charge in [-0.2, -0.15) is 39.5 Å². The Bertz CT molecular complexity index is 271. The Morgan fingerprint density at radius 2 is 0.667 bits per heavy atom. The Kier molecular flexibility index (Phi) is 5.37. The van der Waals surface area contributed by atoms with Gasteiger partial charge in [0.15, 0.2) is 0 Å². The summed E-state index contributed by atoms with van der Waals surface area (Å²) in [5.41, 5.74) is 0. The van der Waals surface area contributed by atoms with Gasteiger partial charge in [-0.25, -0.2) is 0 Å². The van der Waals surface area contributed by atoms with Gasteiger partial charge >= 0.3 is 18.5 Å². The normalized spacial score (nSPS) is 30.4. The molecule has 0 saturated carbocycles. The summed E-state index contributed by atoms with van der Waals surface area (Å²) >= 11 is 0.